The molecule has 1 amide bonds. The molecule has 0 bridgehead atoms. The van der Waals surface area contributed by atoms with Gasteiger partial charge in [-0.15, -0.1) is 5.10 Å². The number of H-pyrrole nitrogens is 1. The number of benzene rings is 1. The number of carbonyl (C=O) groups excluding carboxylic acids is 1. The molecule has 0 aliphatic heterocycles. The minimum atomic E-state index is -0.185. The second kappa shape index (κ2) is 8.17. The van der Waals surface area contributed by atoms with Gasteiger partial charge in [0.2, 0.25) is 11.1 Å². The lowest BCUT2D eigenvalue weighted by molar-refractivity contribution is -0.119. The van der Waals surface area contributed by atoms with Gasteiger partial charge in [-0.1, -0.05) is 55.6 Å². The number of amides is 1. The third kappa shape index (κ3) is 4.53. The Bertz CT molecular complexity index is 880. The normalized spacial score (nSPS) is 16.0. The van der Waals surface area contributed by atoms with E-state index in [-0.39, 0.29) is 17.7 Å². The average molecular weight is 385 g/mol. The van der Waals surface area contributed by atoms with Gasteiger partial charge in [0.05, 0.1) is 11.8 Å². The van der Waals surface area contributed by atoms with Crippen LogP contribution in [0.25, 0.3) is 11.0 Å². The highest BCUT2D eigenvalue weighted by Gasteiger charge is 2.18. The summed E-state index contributed by atoms with van der Waals surface area (Å²) in [5, 5.41) is 11.9. The Morgan fingerprint density at radius 1 is 1.37 bits per heavy atom. The van der Waals surface area contributed by atoms with Gasteiger partial charge in [0, 0.05) is 11.8 Å². The van der Waals surface area contributed by atoms with Gasteiger partial charge in [0.25, 0.3) is 0 Å². The lowest BCUT2D eigenvalue weighted by Gasteiger charge is -2.10. The average Bonchev–Trinajstić information content (AvgIpc) is 3.41. The van der Waals surface area contributed by atoms with E-state index < -0.39 is 0 Å². The van der Waals surface area contributed by atoms with Crippen LogP contribution in [-0.2, 0) is 11.2 Å². The standard InChI is InChI=1S/C20H24N4O2S/c1-13(17-11-15-8-4-5-9-16(15)26-17)21-19(25)12-27-20-22-18(23-24-20)10-14-6-2-3-7-14/h4-5,8-9,11,13-14H,2-3,6-7,10,12H2,1H3,(H,21,25)(H,22,23,24). The number of nitrogens with zero attached hydrogens (tertiary/aromatic N) is 2. The molecule has 0 spiro atoms. The molecule has 3 aromatic rings. The number of carbonyl (C=O) groups is 1. The van der Waals surface area contributed by atoms with E-state index in [1.807, 2.05) is 37.3 Å². The van der Waals surface area contributed by atoms with Gasteiger partial charge < -0.3 is 9.73 Å². The molecular weight excluding hydrogens is 360 g/mol. The molecule has 1 atom stereocenters. The van der Waals surface area contributed by atoms with Crippen molar-refractivity contribution in [2.75, 3.05) is 5.75 Å². The molecular formula is C20H24N4O2S. The molecule has 1 aromatic carbocycles. The van der Waals surface area contributed by atoms with Crippen LogP contribution in [0.15, 0.2) is 39.9 Å². The van der Waals surface area contributed by atoms with Crippen molar-refractivity contribution in [2.24, 2.45) is 5.92 Å². The summed E-state index contributed by atoms with van der Waals surface area (Å²) in [5.41, 5.74) is 0.832. The Labute approximate surface area is 162 Å². The molecule has 2 aromatic heterocycles. The number of thioether (sulfide) groups is 1. The van der Waals surface area contributed by atoms with E-state index in [0.717, 1.165) is 34.9 Å². The van der Waals surface area contributed by atoms with Crippen LogP contribution < -0.4 is 5.32 Å². The van der Waals surface area contributed by atoms with Crippen molar-refractivity contribution in [1.29, 1.82) is 0 Å². The third-order valence-corrected chi connectivity index (χ3v) is 5.90. The third-order valence-electron chi connectivity index (χ3n) is 5.05. The number of hydrogen-bond donors (Lipinski definition) is 2. The molecule has 1 fully saturated rings. The fourth-order valence-corrected chi connectivity index (χ4v) is 4.25. The molecule has 1 aliphatic carbocycles. The maximum Gasteiger partial charge on any atom is 0.231 e. The highest BCUT2D eigenvalue weighted by atomic mass is 32.2. The first-order valence-corrected chi connectivity index (χ1v) is 10.5. The number of aromatic nitrogens is 3. The molecule has 1 unspecified atom stereocenters. The smallest absolute Gasteiger partial charge is 0.231 e. The maximum atomic E-state index is 12.3. The highest BCUT2D eigenvalue weighted by Crippen LogP contribution is 2.27. The van der Waals surface area contributed by atoms with Crippen LogP contribution in [0.2, 0.25) is 0 Å². The van der Waals surface area contributed by atoms with Crippen LogP contribution in [0.3, 0.4) is 0 Å². The van der Waals surface area contributed by atoms with Crippen LogP contribution in [0.4, 0.5) is 0 Å². The zero-order chi connectivity index (χ0) is 18.6. The Kier molecular flexibility index (Phi) is 5.48. The number of rotatable bonds is 7. The minimum absolute atomic E-state index is 0.0601. The molecule has 0 radical (unpaired) electrons. The fraction of sp³-hybridized carbons (Fsp3) is 0.450. The van der Waals surface area contributed by atoms with Crippen molar-refractivity contribution in [3.8, 4) is 0 Å². The van der Waals surface area contributed by atoms with Crippen molar-refractivity contribution in [3.05, 3.63) is 41.9 Å². The van der Waals surface area contributed by atoms with Gasteiger partial charge in [-0.05, 0) is 25.0 Å². The quantitative estimate of drug-likeness (QED) is 0.595. The zero-order valence-corrected chi connectivity index (χ0v) is 16.2. The van der Waals surface area contributed by atoms with Gasteiger partial charge in [-0.25, -0.2) is 4.98 Å². The van der Waals surface area contributed by atoms with Crippen LogP contribution in [0, 0.1) is 5.92 Å². The zero-order valence-electron chi connectivity index (χ0n) is 15.4. The van der Waals surface area contributed by atoms with Crippen molar-refractivity contribution < 1.29 is 9.21 Å². The minimum Gasteiger partial charge on any atom is -0.459 e. The molecule has 2 N–H and O–H groups in total. The Morgan fingerprint density at radius 2 is 2.19 bits per heavy atom. The molecule has 27 heavy (non-hydrogen) atoms. The van der Waals surface area contributed by atoms with Gasteiger partial charge in [0.15, 0.2) is 0 Å². The molecule has 1 saturated carbocycles. The largest absolute Gasteiger partial charge is 0.459 e. The van der Waals surface area contributed by atoms with Gasteiger partial charge in [-0.3, -0.25) is 9.89 Å². The lowest BCUT2D eigenvalue weighted by atomic mass is 10.0. The molecule has 2 heterocycles. The lowest BCUT2D eigenvalue weighted by Crippen LogP contribution is -2.27. The summed E-state index contributed by atoms with van der Waals surface area (Å²) < 4.78 is 5.81. The molecule has 7 heteroatoms. The summed E-state index contributed by atoms with van der Waals surface area (Å²) in [4.78, 5) is 16.8. The number of aromatic amines is 1. The molecule has 4 rings (SSSR count). The fourth-order valence-electron chi connectivity index (χ4n) is 3.62. The second-order valence-electron chi connectivity index (χ2n) is 7.18. The van der Waals surface area contributed by atoms with E-state index in [0.29, 0.717) is 5.16 Å². The molecule has 0 saturated heterocycles. The van der Waals surface area contributed by atoms with E-state index in [1.54, 1.807) is 0 Å². The number of hydrogen-bond acceptors (Lipinski definition) is 5. The van der Waals surface area contributed by atoms with E-state index in [4.69, 9.17) is 4.42 Å². The summed E-state index contributed by atoms with van der Waals surface area (Å²) in [6.07, 6.45) is 6.17. The van der Waals surface area contributed by atoms with Gasteiger partial charge in [0.1, 0.15) is 17.2 Å². The summed E-state index contributed by atoms with van der Waals surface area (Å²) in [6.45, 7) is 1.92. The number of para-hydroxylation sites is 1. The van der Waals surface area contributed by atoms with Crippen molar-refractivity contribution >= 4 is 28.6 Å². The van der Waals surface area contributed by atoms with E-state index >= 15 is 0 Å². The van der Waals surface area contributed by atoms with Crippen LogP contribution in [0.5, 0.6) is 0 Å². The predicted molar refractivity (Wildman–Crippen MR) is 106 cm³/mol. The van der Waals surface area contributed by atoms with Crippen molar-refractivity contribution in [2.45, 2.75) is 50.2 Å². The highest BCUT2D eigenvalue weighted by molar-refractivity contribution is 7.99. The van der Waals surface area contributed by atoms with E-state index in [9.17, 15) is 4.79 Å². The van der Waals surface area contributed by atoms with Crippen molar-refractivity contribution in [1.82, 2.24) is 20.5 Å². The van der Waals surface area contributed by atoms with Gasteiger partial charge >= 0.3 is 0 Å². The Balaban J connectivity index is 1.27. The van der Waals surface area contributed by atoms with Crippen LogP contribution >= 0.6 is 11.8 Å². The number of nitrogens with one attached hydrogen (secondary N) is 2. The summed E-state index contributed by atoms with van der Waals surface area (Å²) in [5.74, 6) is 2.64. The molecule has 1 aliphatic rings. The first-order valence-electron chi connectivity index (χ1n) is 9.49. The van der Waals surface area contributed by atoms with Crippen molar-refractivity contribution in [3.63, 3.8) is 0 Å². The van der Waals surface area contributed by atoms with Crippen LogP contribution in [-0.4, -0.2) is 26.8 Å². The first kappa shape index (κ1) is 18.1. The van der Waals surface area contributed by atoms with E-state index in [1.165, 1.54) is 37.4 Å². The number of furan rings is 1. The van der Waals surface area contributed by atoms with Crippen LogP contribution in [0.1, 0.15) is 50.2 Å². The summed E-state index contributed by atoms with van der Waals surface area (Å²) >= 11 is 1.35. The predicted octanol–water partition coefficient (Wildman–Crippen LogP) is 4.25. The Hall–Kier alpha value is -2.28. The summed E-state index contributed by atoms with van der Waals surface area (Å²) in [7, 11) is 0. The SMILES string of the molecule is CC(NC(=O)CSc1n[nH]c(CC2CCCC2)n1)c1cc2ccccc2o1. The second-order valence-corrected chi connectivity index (χ2v) is 8.13. The monoisotopic (exact) mass is 384 g/mol. The number of fused-ring (bicyclic) bond motifs is 1. The molecule has 6 nitrogen and oxygen atoms in total. The van der Waals surface area contributed by atoms with Gasteiger partial charge in [-0.2, -0.15) is 0 Å². The van der Waals surface area contributed by atoms with E-state index in [2.05, 4.69) is 20.5 Å². The maximum absolute atomic E-state index is 12.3. The molecule has 142 valence electrons. The Morgan fingerprint density at radius 3 is 3.00 bits per heavy atom. The first-order chi connectivity index (χ1) is 13.2. The topological polar surface area (TPSA) is 83.8 Å². The summed E-state index contributed by atoms with van der Waals surface area (Å²) in [6, 6.07) is 9.62.